The van der Waals surface area contributed by atoms with E-state index in [2.05, 4.69) is 20.2 Å². The number of phenols is 1. The fraction of sp³-hybridized carbons (Fsp3) is 0.184. The largest absolute Gasteiger partial charge is 0.508 e. The number of unbranched alkanes of at least 4 members (excludes halogenated alkanes) is 1. The quantitative estimate of drug-likeness (QED) is 0.0570. The topological polar surface area (TPSA) is 178 Å². The molecular formula is C38H34N6O6S. The van der Waals surface area contributed by atoms with Crippen molar-refractivity contribution in [1.82, 2.24) is 19.9 Å². The molecule has 0 saturated carbocycles. The average Bonchev–Trinajstić information content (AvgIpc) is 3.48. The Hall–Kier alpha value is -6.05. The molecule has 0 saturated heterocycles. The molecule has 1 aliphatic carbocycles. The Balaban J connectivity index is 1.06. The summed E-state index contributed by atoms with van der Waals surface area (Å²) in [6.45, 7) is 1.82. The lowest BCUT2D eigenvalue weighted by atomic mass is 9.90. The van der Waals surface area contributed by atoms with E-state index in [1.165, 1.54) is 30.3 Å². The molecule has 12 nitrogen and oxygen atoms in total. The molecular weight excluding hydrogens is 669 g/mol. The van der Waals surface area contributed by atoms with Crippen LogP contribution in [0.15, 0.2) is 88.1 Å². The van der Waals surface area contributed by atoms with E-state index in [1.807, 2.05) is 24.3 Å². The van der Waals surface area contributed by atoms with E-state index in [-0.39, 0.29) is 22.5 Å². The number of nitrogen functional groups attached to an aromatic ring is 1. The predicted octanol–water partition coefficient (Wildman–Crippen LogP) is 6.40. The lowest BCUT2D eigenvalue weighted by molar-refractivity contribution is 0.0697. The molecule has 0 radical (unpaired) electrons. The fourth-order valence-electron chi connectivity index (χ4n) is 6.47. The molecule has 0 unspecified atom stereocenters. The molecule has 0 bridgehead atoms. The van der Waals surface area contributed by atoms with Gasteiger partial charge in [-0.15, -0.1) is 0 Å². The van der Waals surface area contributed by atoms with Gasteiger partial charge in [0, 0.05) is 66.3 Å². The van der Waals surface area contributed by atoms with Gasteiger partial charge in [-0.3, -0.25) is 4.79 Å². The molecule has 0 fully saturated rings. The first-order valence-corrected chi connectivity index (χ1v) is 16.8. The summed E-state index contributed by atoms with van der Waals surface area (Å²) >= 11 is 5.57. The highest BCUT2D eigenvalue weighted by Crippen LogP contribution is 2.42. The number of benzene rings is 4. The zero-order valence-electron chi connectivity index (χ0n) is 27.6. The SMILES string of the molecule is COCCc1nc2c(N)nc3ccccc3c2n1CCCCNC(=S)Nc1ccc(-c2c3ccc(=O)cc-3oc3cc(O)ccc23)c(C(=O)O)c1. The number of rotatable bonds is 11. The van der Waals surface area contributed by atoms with Gasteiger partial charge in [-0.1, -0.05) is 24.3 Å². The number of carbonyl (C=O) groups is 1. The molecule has 2 aromatic heterocycles. The van der Waals surface area contributed by atoms with Gasteiger partial charge in [0.2, 0.25) is 0 Å². The number of methoxy groups -OCH3 is 1. The number of nitrogens with two attached hydrogens (primary N) is 1. The predicted molar refractivity (Wildman–Crippen MR) is 202 cm³/mol. The molecule has 3 heterocycles. The van der Waals surface area contributed by atoms with Gasteiger partial charge in [-0.25, -0.2) is 14.8 Å². The lowest BCUT2D eigenvalue weighted by Crippen LogP contribution is -2.29. The van der Waals surface area contributed by atoms with Crippen molar-refractivity contribution >= 4 is 67.7 Å². The molecule has 7 rings (SSSR count). The number of para-hydroxylation sites is 1. The molecule has 0 atom stereocenters. The van der Waals surface area contributed by atoms with E-state index in [1.54, 1.807) is 31.4 Å². The number of aromatic hydroxyl groups is 1. The van der Waals surface area contributed by atoms with Gasteiger partial charge in [0.05, 0.1) is 23.2 Å². The lowest BCUT2D eigenvalue weighted by Gasteiger charge is -2.18. The van der Waals surface area contributed by atoms with Crippen LogP contribution in [0.2, 0.25) is 0 Å². The number of aryl methyl sites for hydroxylation is 1. The van der Waals surface area contributed by atoms with E-state index < -0.39 is 5.97 Å². The average molecular weight is 703 g/mol. The second-order valence-electron chi connectivity index (χ2n) is 12.1. The summed E-state index contributed by atoms with van der Waals surface area (Å²) in [4.78, 5) is 34.1. The van der Waals surface area contributed by atoms with Gasteiger partial charge in [-0.05, 0) is 73.1 Å². The maximum Gasteiger partial charge on any atom is 0.336 e. The Labute approximate surface area is 296 Å². The summed E-state index contributed by atoms with van der Waals surface area (Å²) in [5.41, 5.74) is 10.9. The zero-order valence-corrected chi connectivity index (χ0v) is 28.4. The standard InChI is InChI=1S/C38H34N6O6S/c1-49-17-14-32-43-34-35(25-6-2-3-7-29(25)42-36(34)39)44(32)16-5-4-15-40-38(51)41-21-8-11-24(28(18-21)37(47)48)33-26-12-9-22(45)19-30(26)50-31-20-23(46)10-13-27(31)33/h2-3,6-13,18-20,45H,4-5,14-17H2,1H3,(H2,39,42)(H,47,48)(H2,40,41,51). The minimum absolute atomic E-state index is 0.0211. The van der Waals surface area contributed by atoms with Crippen LogP contribution in [0.5, 0.6) is 5.75 Å². The van der Waals surface area contributed by atoms with Crippen LogP contribution in [0.1, 0.15) is 29.0 Å². The summed E-state index contributed by atoms with van der Waals surface area (Å²) in [6.07, 6.45) is 2.26. The molecule has 51 heavy (non-hydrogen) atoms. The molecule has 1 aliphatic heterocycles. The summed E-state index contributed by atoms with van der Waals surface area (Å²) in [6, 6.07) is 21.8. The summed E-state index contributed by atoms with van der Waals surface area (Å²) in [5, 5.41) is 28.6. The van der Waals surface area contributed by atoms with E-state index >= 15 is 0 Å². The third-order valence-electron chi connectivity index (χ3n) is 8.77. The number of thiocarbonyl (C=S) groups is 1. The van der Waals surface area contributed by atoms with E-state index in [0.29, 0.717) is 75.9 Å². The van der Waals surface area contributed by atoms with Crippen LogP contribution in [0, 0.1) is 0 Å². The van der Waals surface area contributed by atoms with Crippen LogP contribution in [0.25, 0.3) is 55.4 Å². The molecule has 13 heteroatoms. The van der Waals surface area contributed by atoms with E-state index in [4.69, 9.17) is 32.1 Å². The fourth-order valence-corrected chi connectivity index (χ4v) is 6.69. The number of anilines is 2. The minimum atomic E-state index is -1.14. The monoisotopic (exact) mass is 702 g/mol. The normalized spacial score (nSPS) is 11.5. The number of ether oxygens (including phenoxy) is 1. The summed E-state index contributed by atoms with van der Waals surface area (Å²) < 4.78 is 13.5. The van der Waals surface area contributed by atoms with Crippen molar-refractivity contribution < 1.29 is 24.2 Å². The van der Waals surface area contributed by atoms with Gasteiger partial charge in [0.1, 0.15) is 28.4 Å². The Kier molecular flexibility index (Phi) is 9.22. The third-order valence-corrected chi connectivity index (χ3v) is 9.01. The third kappa shape index (κ3) is 6.64. The number of hydrogen-bond acceptors (Lipinski definition) is 9. The van der Waals surface area contributed by atoms with Crippen molar-refractivity contribution in [2.75, 3.05) is 31.3 Å². The first kappa shape index (κ1) is 33.4. The number of pyridine rings is 1. The molecule has 2 aliphatic rings. The van der Waals surface area contributed by atoms with Crippen molar-refractivity contribution in [3.63, 3.8) is 0 Å². The number of nitrogens with zero attached hydrogens (tertiary/aromatic N) is 3. The van der Waals surface area contributed by atoms with Gasteiger partial charge >= 0.3 is 5.97 Å². The Morgan fingerprint density at radius 3 is 2.65 bits per heavy atom. The maximum atomic E-state index is 12.6. The second kappa shape index (κ2) is 14.1. The van der Waals surface area contributed by atoms with Crippen molar-refractivity contribution in [2.24, 2.45) is 0 Å². The summed E-state index contributed by atoms with van der Waals surface area (Å²) in [5.74, 6) is 0.404. The van der Waals surface area contributed by atoms with Crippen molar-refractivity contribution in [2.45, 2.75) is 25.8 Å². The van der Waals surface area contributed by atoms with Crippen LogP contribution in [0.3, 0.4) is 0 Å². The Morgan fingerprint density at radius 2 is 1.82 bits per heavy atom. The van der Waals surface area contributed by atoms with Gasteiger partial charge in [-0.2, -0.15) is 0 Å². The maximum absolute atomic E-state index is 12.6. The molecule has 0 amide bonds. The number of aromatic nitrogens is 3. The van der Waals surface area contributed by atoms with E-state index in [9.17, 15) is 19.8 Å². The number of carboxylic acids is 1. The first-order chi connectivity index (χ1) is 24.7. The Bertz CT molecular complexity index is 2490. The second-order valence-corrected chi connectivity index (χ2v) is 12.5. The number of hydrogen-bond donors (Lipinski definition) is 5. The highest BCUT2D eigenvalue weighted by Gasteiger charge is 2.23. The van der Waals surface area contributed by atoms with Crippen molar-refractivity contribution in [3.8, 4) is 28.2 Å². The molecule has 5 aromatic rings. The number of phenolic OH excluding ortho intramolecular Hbond substituents is 1. The van der Waals surface area contributed by atoms with Crippen molar-refractivity contribution in [1.29, 1.82) is 0 Å². The highest BCUT2D eigenvalue weighted by molar-refractivity contribution is 7.80. The zero-order chi connectivity index (χ0) is 35.6. The molecule has 3 aromatic carbocycles. The smallest absolute Gasteiger partial charge is 0.336 e. The molecule has 0 spiro atoms. The minimum Gasteiger partial charge on any atom is -0.508 e. The van der Waals surface area contributed by atoms with Gasteiger partial charge < -0.3 is 40.3 Å². The first-order valence-electron chi connectivity index (χ1n) is 16.4. The van der Waals surface area contributed by atoms with Crippen LogP contribution < -0.4 is 21.8 Å². The van der Waals surface area contributed by atoms with Gasteiger partial charge in [0.25, 0.3) is 0 Å². The van der Waals surface area contributed by atoms with Gasteiger partial charge in [0.15, 0.2) is 16.4 Å². The van der Waals surface area contributed by atoms with Crippen LogP contribution >= 0.6 is 12.2 Å². The molecule has 258 valence electrons. The molecule has 6 N–H and O–H groups in total. The summed E-state index contributed by atoms with van der Waals surface area (Å²) in [7, 11) is 1.67. The van der Waals surface area contributed by atoms with Crippen LogP contribution in [-0.2, 0) is 17.7 Å². The number of nitrogens with one attached hydrogen (secondary N) is 2. The number of imidazole rings is 1. The number of aromatic carboxylic acids is 1. The van der Waals surface area contributed by atoms with Crippen LogP contribution in [-0.4, -0.2) is 56.1 Å². The highest BCUT2D eigenvalue weighted by atomic mass is 32.1. The number of carboxylic acid groups (broad SMARTS) is 1. The van der Waals surface area contributed by atoms with Crippen molar-refractivity contribution in [3.05, 3.63) is 100 Å². The number of fused-ring (bicyclic) bond motifs is 5. The van der Waals surface area contributed by atoms with E-state index in [0.717, 1.165) is 35.1 Å². The van der Waals surface area contributed by atoms with Crippen LogP contribution in [0.4, 0.5) is 11.5 Å². The Morgan fingerprint density at radius 1 is 1.00 bits per heavy atom.